The number of pyridine rings is 1. The Morgan fingerprint density at radius 2 is 1.95 bits per heavy atom. The Kier molecular flexibility index (Phi) is 4.63. The zero-order valence-electron chi connectivity index (χ0n) is 13.5. The Hall–Kier alpha value is -1.87. The van der Waals surface area contributed by atoms with Crippen molar-refractivity contribution in [1.82, 2.24) is 10.3 Å². The molecule has 0 atom stereocenters. The summed E-state index contributed by atoms with van der Waals surface area (Å²) in [6.45, 7) is 9.43. The molecule has 112 valence electrons. The summed E-state index contributed by atoms with van der Waals surface area (Å²) in [5.74, 6) is 1.50. The van der Waals surface area contributed by atoms with Crippen LogP contribution in [0.2, 0.25) is 0 Å². The zero-order chi connectivity index (χ0) is 15.5. The van der Waals surface area contributed by atoms with Crippen molar-refractivity contribution in [2.24, 2.45) is 0 Å². The maximum atomic E-state index is 5.95. The molecule has 0 unspecified atom stereocenters. The first-order valence-corrected chi connectivity index (χ1v) is 7.28. The van der Waals surface area contributed by atoms with E-state index in [0.717, 1.165) is 23.4 Å². The third-order valence-corrected chi connectivity index (χ3v) is 3.38. The van der Waals surface area contributed by atoms with Gasteiger partial charge in [-0.15, -0.1) is 0 Å². The number of hydrogen-bond donors (Lipinski definition) is 1. The average molecular weight is 284 g/mol. The number of nitrogens with one attached hydrogen (secondary N) is 1. The predicted molar refractivity (Wildman–Crippen MR) is 87.0 cm³/mol. The van der Waals surface area contributed by atoms with Gasteiger partial charge < -0.3 is 10.1 Å². The van der Waals surface area contributed by atoms with Gasteiger partial charge in [-0.1, -0.05) is 32.9 Å². The molecule has 1 heterocycles. The summed E-state index contributed by atoms with van der Waals surface area (Å²) in [6.07, 6.45) is 1.85. The van der Waals surface area contributed by atoms with Crippen molar-refractivity contribution in [3.8, 4) is 11.6 Å². The number of aromatic nitrogens is 1. The normalized spacial score (nSPS) is 11.5. The number of nitrogens with zero attached hydrogens (tertiary/aromatic N) is 1. The fraction of sp³-hybridized carbons (Fsp3) is 0.389. The molecule has 1 N–H and O–H groups in total. The smallest absolute Gasteiger partial charge is 0.222 e. The van der Waals surface area contributed by atoms with E-state index in [1.165, 1.54) is 5.56 Å². The van der Waals surface area contributed by atoms with Crippen molar-refractivity contribution in [3.05, 3.63) is 53.2 Å². The van der Waals surface area contributed by atoms with Gasteiger partial charge in [0.2, 0.25) is 5.88 Å². The molecule has 0 fully saturated rings. The fourth-order valence-electron chi connectivity index (χ4n) is 2.17. The van der Waals surface area contributed by atoms with E-state index in [2.05, 4.69) is 49.3 Å². The van der Waals surface area contributed by atoms with Crippen LogP contribution in [-0.4, -0.2) is 12.0 Å². The van der Waals surface area contributed by atoms with Crippen molar-refractivity contribution < 1.29 is 4.74 Å². The number of benzene rings is 1. The maximum Gasteiger partial charge on any atom is 0.222 e. The van der Waals surface area contributed by atoms with Gasteiger partial charge in [0.25, 0.3) is 0 Å². The van der Waals surface area contributed by atoms with Crippen LogP contribution in [0.4, 0.5) is 0 Å². The summed E-state index contributed by atoms with van der Waals surface area (Å²) in [4.78, 5) is 4.42. The van der Waals surface area contributed by atoms with Gasteiger partial charge in [-0.05, 0) is 48.7 Å². The first-order valence-electron chi connectivity index (χ1n) is 7.28. The lowest BCUT2D eigenvalue weighted by Gasteiger charge is -2.19. The quantitative estimate of drug-likeness (QED) is 0.913. The topological polar surface area (TPSA) is 34.2 Å². The molecule has 0 amide bonds. The van der Waals surface area contributed by atoms with Crippen LogP contribution in [0.25, 0.3) is 0 Å². The highest BCUT2D eigenvalue weighted by Gasteiger charge is 2.14. The minimum absolute atomic E-state index is 0.110. The maximum absolute atomic E-state index is 5.95. The van der Waals surface area contributed by atoms with E-state index in [0.29, 0.717) is 5.88 Å². The summed E-state index contributed by atoms with van der Waals surface area (Å²) >= 11 is 0. The van der Waals surface area contributed by atoms with Gasteiger partial charge in [-0.3, -0.25) is 0 Å². The minimum Gasteiger partial charge on any atom is -0.439 e. The lowest BCUT2D eigenvalue weighted by Crippen LogP contribution is -2.10. The van der Waals surface area contributed by atoms with Gasteiger partial charge in [-0.2, -0.15) is 0 Å². The highest BCUT2D eigenvalue weighted by molar-refractivity contribution is 5.37. The summed E-state index contributed by atoms with van der Waals surface area (Å²) in [5, 5.41) is 3.12. The lowest BCUT2D eigenvalue weighted by molar-refractivity contribution is 0.455. The van der Waals surface area contributed by atoms with Gasteiger partial charge in [-0.25, -0.2) is 4.98 Å². The van der Waals surface area contributed by atoms with Crippen molar-refractivity contribution in [3.63, 3.8) is 0 Å². The molecule has 0 aliphatic heterocycles. The molecule has 0 spiro atoms. The van der Waals surface area contributed by atoms with E-state index in [1.54, 1.807) is 0 Å². The van der Waals surface area contributed by atoms with Crippen LogP contribution in [-0.2, 0) is 12.0 Å². The number of hydrogen-bond acceptors (Lipinski definition) is 3. The third kappa shape index (κ3) is 4.05. The molecular weight excluding hydrogens is 260 g/mol. The van der Waals surface area contributed by atoms with Crippen LogP contribution in [0, 0.1) is 6.92 Å². The molecule has 1 aromatic heterocycles. The Morgan fingerprint density at radius 3 is 2.57 bits per heavy atom. The van der Waals surface area contributed by atoms with Gasteiger partial charge >= 0.3 is 0 Å². The molecule has 0 bridgehead atoms. The summed E-state index contributed by atoms with van der Waals surface area (Å²) in [6, 6.07) is 10.3. The number of ether oxygens (including phenoxy) is 1. The molecule has 2 aromatic rings. The Bertz CT molecular complexity index is 615. The van der Waals surface area contributed by atoms with E-state index in [9.17, 15) is 0 Å². The highest BCUT2D eigenvalue weighted by Crippen LogP contribution is 2.29. The molecule has 0 aliphatic rings. The van der Waals surface area contributed by atoms with E-state index in [-0.39, 0.29) is 5.41 Å². The van der Waals surface area contributed by atoms with E-state index < -0.39 is 0 Å². The average Bonchev–Trinajstić information content (AvgIpc) is 2.42. The molecule has 1 aromatic carbocycles. The van der Waals surface area contributed by atoms with Gasteiger partial charge in [0, 0.05) is 18.3 Å². The second-order valence-corrected chi connectivity index (χ2v) is 6.38. The van der Waals surface area contributed by atoms with Gasteiger partial charge in [0.15, 0.2) is 0 Å². The molecule has 0 aliphatic carbocycles. The Labute approximate surface area is 127 Å². The van der Waals surface area contributed by atoms with Crippen molar-refractivity contribution in [1.29, 1.82) is 0 Å². The van der Waals surface area contributed by atoms with Crippen LogP contribution >= 0.6 is 0 Å². The molecule has 0 saturated heterocycles. The van der Waals surface area contributed by atoms with E-state index in [4.69, 9.17) is 4.74 Å². The van der Waals surface area contributed by atoms with Crippen LogP contribution in [0.3, 0.4) is 0 Å². The third-order valence-electron chi connectivity index (χ3n) is 3.38. The Balaban J connectivity index is 2.22. The van der Waals surface area contributed by atoms with Gasteiger partial charge in [0.1, 0.15) is 5.75 Å². The van der Waals surface area contributed by atoms with E-state index >= 15 is 0 Å². The largest absolute Gasteiger partial charge is 0.439 e. The summed E-state index contributed by atoms with van der Waals surface area (Å²) in [5.41, 5.74) is 3.57. The van der Waals surface area contributed by atoms with Crippen molar-refractivity contribution in [2.75, 3.05) is 7.05 Å². The second kappa shape index (κ2) is 6.27. The van der Waals surface area contributed by atoms with Crippen molar-refractivity contribution >= 4 is 0 Å². The summed E-state index contributed by atoms with van der Waals surface area (Å²) in [7, 11) is 1.93. The second-order valence-electron chi connectivity index (χ2n) is 6.38. The van der Waals surface area contributed by atoms with Crippen LogP contribution in [0.1, 0.15) is 37.5 Å². The first-order chi connectivity index (χ1) is 9.90. The zero-order valence-corrected chi connectivity index (χ0v) is 13.5. The van der Waals surface area contributed by atoms with Crippen LogP contribution in [0.15, 0.2) is 36.5 Å². The molecule has 21 heavy (non-hydrogen) atoms. The highest BCUT2D eigenvalue weighted by atomic mass is 16.5. The first kappa shape index (κ1) is 15.5. The van der Waals surface area contributed by atoms with Crippen molar-refractivity contribution in [2.45, 2.75) is 39.7 Å². The van der Waals surface area contributed by atoms with E-state index in [1.807, 2.05) is 32.3 Å². The van der Waals surface area contributed by atoms with Gasteiger partial charge in [0.05, 0.1) is 0 Å². The fourth-order valence-corrected chi connectivity index (χ4v) is 2.17. The number of aryl methyl sites for hydroxylation is 1. The molecule has 3 nitrogen and oxygen atoms in total. The minimum atomic E-state index is 0.110. The molecule has 0 radical (unpaired) electrons. The van der Waals surface area contributed by atoms with Crippen LogP contribution in [0.5, 0.6) is 11.6 Å². The number of rotatable bonds is 4. The van der Waals surface area contributed by atoms with Crippen LogP contribution < -0.4 is 10.1 Å². The molecular formula is C18H24N2O. The predicted octanol–water partition coefficient (Wildman–Crippen LogP) is 4.20. The Morgan fingerprint density at radius 1 is 1.19 bits per heavy atom. The lowest BCUT2D eigenvalue weighted by atomic mass is 9.87. The molecule has 0 saturated carbocycles. The monoisotopic (exact) mass is 284 g/mol. The summed E-state index contributed by atoms with van der Waals surface area (Å²) < 4.78 is 5.95. The molecule has 3 heteroatoms. The molecule has 2 rings (SSSR count). The SMILES string of the molecule is CNCc1cnc(Oc2cccc(C(C)(C)C)c2)c(C)c1. The standard InChI is InChI=1S/C18H24N2O/c1-13-9-14(11-19-5)12-20-17(13)21-16-8-6-7-15(10-16)18(2,3)4/h6-10,12,19H,11H2,1-5H3.